The molecule has 4 atom stereocenters. The van der Waals surface area contributed by atoms with Crippen molar-refractivity contribution < 1.29 is 15.6 Å². The van der Waals surface area contributed by atoms with Gasteiger partial charge < -0.3 is 0 Å². The molecule has 0 bridgehead atoms. The molecule has 0 heterocycles. The Kier molecular flexibility index (Phi) is 10.1. The van der Waals surface area contributed by atoms with Crippen molar-refractivity contribution in [3.05, 3.63) is 179 Å². The number of rotatable bonds is 9. The Labute approximate surface area is 364 Å². The van der Waals surface area contributed by atoms with Gasteiger partial charge in [0.25, 0.3) is 0 Å². The van der Waals surface area contributed by atoms with Crippen molar-refractivity contribution >= 4 is 78.2 Å². The number of halogens is 2. The van der Waals surface area contributed by atoms with Gasteiger partial charge in [-0.05, 0) is 0 Å². The molecule has 0 spiro atoms. The van der Waals surface area contributed by atoms with Crippen LogP contribution in [0, 0.1) is 11.8 Å². The van der Waals surface area contributed by atoms with Crippen LogP contribution < -0.4 is 0 Å². The van der Waals surface area contributed by atoms with Crippen LogP contribution in [0.15, 0.2) is 157 Å². The van der Waals surface area contributed by atoms with Crippen LogP contribution >= 0.6 is 17.0 Å². The Morgan fingerprint density at radius 2 is 0.833 bits per heavy atom. The van der Waals surface area contributed by atoms with Crippen LogP contribution in [0.5, 0.6) is 0 Å². The van der Waals surface area contributed by atoms with Gasteiger partial charge in [-0.2, -0.15) is 0 Å². The zero-order chi connectivity index (χ0) is 41.5. The minimum atomic E-state index is -5.13. The van der Waals surface area contributed by atoms with E-state index in [2.05, 4.69) is 199 Å². The van der Waals surface area contributed by atoms with Gasteiger partial charge in [0.2, 0.25) is 0 Å². The van der Waals surface area contributed by atoms with Crippen molar-refractivity contribution in [3.63, 3.8) is 0 Å². The molecular formula is C56H53Cl2SiZr. The van der Waals surface area contributed by atoms with Crippen molar-refractivity contribution in [3.8, 4) is 22.3 Å². The van der Waals surface area contributed by atoms with Gasteiger partial charge in [0, 0.05) is 0 Å². The second kappa shape index (κ2) is 15.1. The van der Waals surface area contributed by atoms with Crippen molar-refractivity contribution in [1.29, 1.82) is 0 Å². The van der Waals surface area contributed by atoms with Crippen LogP contribution in [0.1, 0.15) is 70.0 Å². The second-order valence-electron chi connectivity index (χ2n) is 18.2. The summed E-state index contributed by atoms with van der Waals surface area (Å²) >= 11 is -5.13. The average molecular weight is 916 g/mol. The normalized spacial score (nSPS) is 18.1. The Morgan fingerprint density at radius 1 is 0.467 bits per heavy atom. The monoisotopic (exact) mass is 913 g/mol. The average Bonchev–Trinajstić information content (AvgIpc) is 3.89. The predicted octanol–water partition coefficient (Wildman–Crippen LogP) is 17.3. The third-order valence-corrected chi connectivity index (χ3v) is 66.5. The molecule has 0 saturated carbocycles. The van der Waals surface area contributed by atoms with Crippen molar-refractivity contribution in [1.82, 2.24) is 0 Å². The number of fused-ring (bicyclic) bond motifs is 8. The molecule has 10 rings (SSSR count). The van der Waals surface area contributed by atoms with Gasteiger partial charge in [0.05, 0.1) is 0 Å². The molecule has 8 aromatic carbocycles. The Morgan fingerprint density at radius 3 is 1.22 bits per heavy atom. The van der Waals surface area contributed by atoms with Crippen LogP contribution in [0.4, 0.5) is 0 Å². The van der Waals surface area contributed by atoms with Crippen LogP contribution in [0.2, 0.25) is 13.1 Å². The predicted molar refractivity (Wildman–Crippen MR) is 265 cm³/mol. The van der Waals surface area contributed by atoms with Crippen LogP contribution in [-0.4, -0.2) is 5.92 Å². The molecule has 0 fully saturated rings. The van der Waals surface area contributed by atoms with Crippen LogP contribution in [0.3, 0.4) is 0 Å². The number of hydrogen-bond acceptors (Lipinski definition) is 0. The first-order valence-corrected chi connectivity index (χ1v) is 38.4. The van der Waals surface area contributed by atoms with Crippen LogP contribution in [-0.2, 0) is 15.6 Å². The van der Waals surface area contributed by atoms with Gasteiger partial charge in [-0.15, -0.1) is 0 Å². The first kappa shape index (κ1) is 40.1. The third-order valence-electron chi connectivity index (χ3n) is 14.9. The summed E-state index contributed by atoms with van der Waals surface area (Å²) in [6, 6.07) is 54.4. The fourth-order valence-electron chi connectivity index (χ4n) is 11.3. The Balaban J connectivity index is 1.23. The zero-order valence-electron chi connectivity index (χ0n) is 35.6. The van der Waals surface area contributed by atoms with E-state index in [4.69, 9.17) is 17.0 Å². The van der Waals surface area contributed by atoms with Crippen molar-refractivity contribution in [2.75, 3.05) is 0 Å². The van der Waals surface area contributed by atoms with E-state index in [0.29, 0.717) is 11.8 Å². The first-order chi connectivity index (χ1) is 29.0. The molecule has 0 N–H and O–H groups in total. The summed E-state index contributed by atoms with van der Waals surface area (Å²) in [6.07, 6.45) is 7.19. The van der Waals surface area contributed by atoms with Gasteiger partial charge >= 0.3 is 368 Å². The fourth-order valence-corrected chi connectivity index (χ4v) is 42.5. The standard InChI is InChI=1S/2C27H23.C2H7Si.2ClH.Zr/c2*1-3-18(2)21-15-19-10-8-14-25(26(19)17-21)27-16-20-9-4-5-11-22(20)23-12-6-7-13-24(23)27;1-3-2;;;/h2*4-18H,3H2,1-2H3;3H,1-2H3;2*1H;/q;;;;;+2/p-2. The molecule has 0 aromatic heterocycles. The maximum atomic E-state index is 9.09. The van der Waals surface area contributed by atoms with Gasteiger partial charge in [0.15, 0.2) is 0 Å². The van der Waals surface area contributed by atoms with E-state index < -0.39 is 21.5 Å². The fraction of sp³-hybridized carbons (Fsp3) is 0.214. The summed E-state index contributed by atoms with van der Waals surface area (Å²) in [5.74, 6) is -1.11. The van der Waals surface area contributed by atoms with E-state index in [-0.39, 0.29) is 7.25 Å². The molecule has 8 aromatic rings. The molecule has 0 nitrogen and oxygen atoms in total. The molecule has 0 aliphatic heterocycles. The molecule has 2 aliphatic carbocycles. The van der Waals surface area contributed by atoms with Crippen molar-refractivity contribution in [2.24, 2.45) is 11.8 Å². The third kappa shape index (κ3) is 5.91. The minimum absolute atomic E-state index is 0.0200. The maximum absolute atomic E-state index is 9.09. The van der Waals surface area contributed by atoms with Crippen LogP contribution in [0.25, 0.3) is 77.5 Å². The van der Waals surface area contributed by atoms with E-state index >= 15 is 0 Å². The first-order valence-electron chi connectivity index (χ1n) is 22.1. The van der Waals surface area contributed by atoms with Gasteiger partial charge in [-0.1, -0.05) is 0 Å². The van der Waals surface area contributed by atoms with E-state index in [1.54, 1.807) is 0 Å². The quantitative estimate of drug-likeness (QED) is 0.1000. The molecule has 0 radical (unpaired) electrons. The van der Waals surface area contributed by atoms with E-state index in [9.17, 15) is 0 Å². The second-order valence-corrected chi connectivity index (χ2v) is 60.7. The summed E-state index contributed by atoms with van der Waals surface area (Å²) in [7, 11) is 18.2. The number of hydrogen-bond donors (Lipinski definition) is 0. The molecule has 0 amide bonds. The van der Waals surface area contributed by atoms with E-state index in [0.717, 1.165) is 12.8 Å². The van der Waals surface area contributed by atoms with E-state index in [1.165, 1.54) is 98.7 Å². The SMILES string of the molecule is CCC(C)C1=Cc2c(-c3cc4ccccc4c4ccccc34)cccc2[CH]1[Zr]([Cl])([Cl])([CH]1C(C(C)CC)=Cc2c(-c3cc4ccccc4c4ccccc34)cccc21)[SiH](C)C. The molecule has 4 heteroatoms. The summed E-state index contributed by atoms with van der Waals surface area (Å²) in [5.41, 5.74) is 13.4. The van der Waals surface area contributed by atoms with Crippen molar-refractivity contribution in [2.45, 2.75) is 60.9 Å². The molecule has 2 aliphatic rings. The summed E-state index contributed by atoms with van der Waals surface area (Å²) in [6.45, 7) is 14.5. The summed E-state index contributed by atoms with van der Waals surface area (Å²) in [5, 5.41) is 10.3. The molecule has 0 saturated heterocycles. The van der Waals surface area contributed by atoms with Gasteiger partial charge in [-0.25, -0.2) is 0 Å². The Bertz CT molecular complexity index is 2900. The molecule has 60 heavy (non-hydrogen) atoms. The molecular weight excluding hydrogens is 863 g/mol. The molecule has 4 unspecified atom stereocenters. The van der Waals surface area contributed by atoms with Gasteiger partial charge in [0.1, 0.15) is 0 Å². The van der Waals surface area contributed by atoms with E-state index in [1.807, 2.05) is 0 Å². The summed E-state index contributed by atoms with van der Waals surface area (Å²) < 4.78 is 0.0400. The summed E-state index contributed by atoms with van der Waals surface area (Å²) in [4.78, 5) is 0. The zero-order valence-corrected chi connectivity index (χ0v) is 40.7. The number of benzene rings is 8. The van der Waals surface area contributed by atoms with Gasteiger partial charge in [-0.3, -0.25) is 0 Å². The topological polar surface area (TPSA) is 0 Å². The molecule has 299 valence electrons. The Hall–Kier alpha value is -4.04. The number of allylic oxidation sites excluding steroid dienone is 2.